The number of rotatable bonds is 8. The highest BCUT2D eigenvalue weighted by atomic mass is 15.2. The van der Waals surface area contributed by atoms with Gasteiger partial charge in [0.15, 0.2) is 0 Å². The van der Waals surface area contributed by atoms with Gasteiger partial charge in [-0.25, -0.2) is 0 Å². The van der Waals surface area contributed by atoms with Crippen LogP contribution < -0.4 is 5.73 Å². The van der Waals surface area contributed by atoms with E-state index in [-0.39, 0.29) is 5.54 Å². The van der Waals surface area contributed by atoms with Crippen LogP contribution in [0.1, 0.15) is 53.4 Å². The topological polar surface area (TPSA) is 32.5 Å². The molecule has 114 valence electrons. The zero-order chi connectivity index (χ0) is 14.3. The molecule has 0 bridgehead atoms. The van der Waals surface area contributed by atoms with E-state index < -0.39 is 0 Å². The molecule has 0 radical (unpaired) electrons. The first-order valence-electron chi connectivity index (χ1n) is 8.29. The van der Waals surface area contributed by atoms with E-state index in [2.05, 4.69) is 37.5 Å². The van der Waals surface area contributed by atoms with Crippen molar-refractivity contribution in [3.05, 3.63) is 0 Å². The van der Waals surface area contributed by atoms with Gasteiger partial charge in [0.1, 0.15) is 0 Å². The minimum absolute atomic E-state index is 0.266. The highest BCUT2D eigenvalue weighted by molar-refractivity contribution is 4.96. The quantitative estimate of drug-likeness (QED) is 0.735. The lowest BCUT2D eigenvalue weighted by Crippen LogP contribution is -2.60. The summed E-state index contributed by atoms with van der Waals surface area (Å²) in [5, 5.41) is 0. The molecule has 0 aromatic rings. The lowest BCUT2D eigenvalue weighted by atomic mass is 9.84. The minimum atomic E-state index is 0.266. The summed E-state index contributed by atoms with van der Waals surface area (Å²) in [4.78, 5) is 5.27. The molecule has 0 amide bonds. The van der Waals surface area contributed by atoms with Crippen LogP contribution in [0.3, 0.4) is 0 Å². The maximum atomic E-state index is 6.19. The Hall–Kier alpha value is -0.120. The van der Waals surface area contributed by atoms with Crippen molar-refractivity contribution >= 4 is 0 Å². The van der Waals surface area contributed by atoms with E-state index in [0.29, 0.717) is 0 Å². The summed E-state index contributed by atoms with van der Waals surface area (Å²) in [6, 6.07) is 0. The smallest absolute Gasteiger partial charge is 0.0356 e. The van der Waals surface area contributed by atoms with E-state index in [4.69, 9.17) is 5.73 Å². The SMILES string of the molecule is CCCN1CCC(CN)(N(CC)CC(C)CC)CC1. The number of nitrogens with two attached hydrogens (primary N) is 1. The summed E-state index contributed by atoms with van der Waals surface area (Å²) >= 11 is 0. The van der Waals surface area contributed by atoms with Gasteiger partial charge in [-0.3, -0.25) is 4.90 Å². The van der Waals surface area contributed by atoms with E-state index in [1.807, 2.05) is 0 Å². The molecule has 1 unspecified atom stereocenters. The number of likely N-dealkylation sites (tertiary alicyclic amines) is 1. The van der Waals surface area contributed by atoms with Crippen molar-refractivity contribution < 1.29 is 0 Å². The van der Waals surface area contributed by atoms with Crippen LogP contribution >= 0.6 is 0 Å². The first kappa shape index (κ1) is 16.9. The molecule has 2 N–H and O–H groups in total. The second-order valence-electron chi connectivity index (χ2n) is 6.32. The highest BCUT2D eigenvalue weighted by Gasteiger charge is 2.38. The number of nitrogens with zero attached hydrogens (tertiary/aromatic N) is 2. The fraction of sp³-hybridized carbons (Fsp3) is 1.00. The molecule has 19 heavy (non-hydrogen) atoms. The number of likely N-dealkylation sites (N-methyl/N-ethyl adjacent to an activating group) is 1. The first-order valence-corrected chi connectivity index (χ1v) is 8.29. The Morgan fingerprint density at radius 2 is 1.84 bits per heavy atom. The third-order valence-electron chi connectivity index (χ3n) is 4.99. The van der Waals surface area contributed by atoms with E-state index >= 15 is 0 Å². The van der Waals surface area contributed by atoms with Gasteiger partial charge in [-0.05, 0) is 51.4 Å². The van der Waals surface area contributed by atoms with Gasteiger partial charge in [0.2, 0.25) is 0 Å². The molecule has 1 saturated heterocycles. The van der Waals surface area contributed by atoms with Gasteiger partial charge in [-0.1, -0.05) is 34.1 Å². The average molecular weight is 269 g/mol. The lowest BCUT2D eigenvalue weighted by molar-refractivity contribution is 0.0209. The van der Waals surface area contributed by atoms with E-state index in [9.17, 15) is 0 Å². The van der Waals surface area contributed by atoms with Crippen LogP contribution in [-0.2, 0) is 0 Å². The Labute approximate surface area is 120 Å². The summed E-state index contributed by atoms with van der Waals surface area (Å²) < 4.78 is 0. The van der Waals surface area contributed by atoms with E-state index in [0.717, 1.165) is 19.0 Å². The van der Waals surface area contributed by atoms with Gasteiger partial charge in [-0.15, -0.1) is 0 Å². The maximum Gasteiger partial charge on any atom is 0.0356 e. The third-order valence-corrected chi connectivity index (χ3v) is 4.99. The molecule has 0 saturated carbocycles. The van der Waals surface area contributed by atoms with Crippen molar-refractivity contribution in [2.45, 2.75) is 58.9 Å². The molecule has 0 aliphatic carbocycles. The van der Waals surface area contributed by atoms with Crippen molar-refractivity contribution in [1.29, 1.82) is 0 Å². The highest BCUT2D eigenvalue weighted by Crippen LogP contribution is 2.29. The van der Waals surface area contributed by atoms with Crippen molar-refractivity contribution in [3.8, 4) is 0 Å². The Bertz CT molecular complexity index is 234. The molecular formula is C16H35N3. The minimum Gasteiger partial charge on any atom is -0.329 e. The fourth-order valence-corrected chi connectivity index (χ4v) is 3.32. The summed E-state index contributed by atoms with van der Waals surface area (Å²) in [5.41, 5.74) is 6.46. The van der Waals surface area contributed by atoms with Crippen LogP contribution in [0.25, 0.3) is 0 Å². The fourth-order valence-electron chi connectivity index (χ4n) is 3.32. The molecule has 0 spiro atoms. The Balaban J connectivity index is 2.63. The predicted molar refractivity (Wildman–Crippen MR) is 84.5 cm³/mol. The average Bonchev–Trinajstić information content (AvgIpc) is 2.46. The van der Waals surface area contributed by atoms with Gasteiger partial charge in [0.05, 0.1) is 0 Å². The van der Waals surface area contributed by atoms with Gasteiger partial charge in [-0.2, -0.15) is 0 Å². The van der Waals surface area contributed by atoms with Crippen molar-refractivity contribution in [3.63, 3.8) is 0 Å². The standard InChI is InChI=1S/C16H35N3/c1-5-10-18-11-8-16(14-17,9-12-18)19(7-3)13-15(4)6-2/h15H,5-14,17H2,1-4H3. The van der Waals surface area contributed by atoms with Crippen LogP contribution in [-0.4, -0.2) is 54.6 Å². The van der Waals surface area contributed by atoms with Crippen LogP contribution in [0.4, 0.5) is 0 Å². The summed E-state index contributed by atoms with van der Waals surface area (Å²) in [7, 11) is 0. The molecule has 1 fully saturated rings. The van der Waals surface area contributed by atoms with Crippen molar-refractivity contribution in [2.75, 3.05) is 39.3 Å². The zero-order valence-electron chi connectivity index (χ0n) is 13.6. The molecule has 3 heteroatoms. The Kier molecular flexibility index (Phi) is 7.33. The van der Waals surface area contributed by atoms with Gasteiger partial charge in [0.25, 0.3) is 0 Å². The van der Waals surface area contributed by atoms with Crippen LogP contribution in [0.2, 0.25) is 0 Å². The second kappa shape index (κ2) is 8.23. The van der Waals surface area contributed by atoms with Crippen LogP contribution in [0.15, 0.2) is 0 Å². The molecule has 1 rings (SSSR count). The molecule has 3 nitrogen and oxygen atoms in total. The Morgan fingerprint density at radius 1 is 1.21 bits per heavy atom. The largest absolute Gasteiger partial charge is 0.329 e. The van der Waals surface area contributed by atoms with Gasteiger partial charge < -0.3 is 10.6 Å². The number of piperidine rings is 1. The van der Waals surface area contributed by atoms with E-state index in [1.54, 1.807) is 0 Å². The molecule has 1 aliphatic heterocycles. The second-order valence-corrected chi connectivity index (χ2v) is 6.32. The van der Waals surface area contributed by atoms with Crippen molar-refractivity contribution in [2.24, 2.45) is 11.7 Å². The zero-order valence-corrected chi connectivity index (χ0v) is 13.6. The third kappa shape index (κ3) is 4.44. The lowest BCUT2D eigenvalue weighted by Gasteiger charge is -2.49. The number of hydrogen-bond donors (Lipinski definition) is 1. The summed E-state index contributed by atoms with van der Waals surface area (Å²) in [6.45, 7) is 16.1. The molecule has 0 aromatic carbocycles. The summed E-state index contributed by atoms with van der Waals surface area (Å²) in [5.74, 6) is 0.775. The van der Waals surface area contributed by atoms with Crippen molar-refractivity contribution in [1.82, 2.24) is 9.80 Å². The van der Waals surface area contributed by atoms with Gasteiger partial charge in [0, 0.05) is 18.6 Å². The summed E-state index contributed by atoms with van der Waals surface area (Å²) in [6.07, 6.45) is 5.01. The normalized spacial score (nSPS) is 21.8. The monoisotopic (exact) mass is 269 g/mol. The van der Waals surface area contributed by atoms with Crippen LogP contribution in [0.5, 0.6) is 0 Å². The molecule has 1 aliphatic rings. The molecule has 0 aromatic heterocycles. The maximum absolute atomic E-state index is 6.19. The molecular weight excluding hydrogens is 234 g/mol. The number of hydrogen-bond acceptors (Lipinski definition) is 3. The predicted octanol–water partition coefficient (Wildman–Crippen LogP) is 2.56. The first-order chi connectivity index (χ1) is 9.11. The van der Waals surface area contributed by atoms with Gasteiger partial charge >= 0.3 is 0 Å². The van der Waals surface area contributed by atoms with Crippen LogP contribution in [0, 0.1) is 5.92 Å². The molecule has 1 heterocycles. The van der Waals surface area contributed by atoms with E-state index in [1.165, 1.54) is 51.9 Å². The molecule has 1 atom stereocenters. The Morgan fingerprint density at radius 3 is 2.26 bits per heavy atom.